The van der Waals surface area contributed by atoms with Gasteiger partial charge in [0.25, 0.3) is 5.91 Å². The first-order chi connectivity index (χ1) is 10.5. The number of hydrogen-bond acceptors (Lipinski definition) is 3. The number of carbonyl (C=O) groups excluding carboxylic acids is 2. The summed E-state index contributed by atoms with van der Waals surface area (Å²) in [5.41, 5.74) is 2.80. The fraction of sp³-hybridized carbons (Fsp3) is 0.176. The molecule has 0 saturated heterocycles. The number of hydrogen-bond donors (Lipinski definition) is 2. The fourth-order valence-corrected chi connectivity index (χ4v) is 2.06. The molecule has 2 N–H and O–H groups in total. The Morgan fingerprint density at radius 3 is 2.05 bits per heavy atom. The van der Waals surface area contributed by atoms with Crippen molar-refractivity contribution in [3.63, 3.8) is 0 Å². The van der Waals surface area contributed by atoms with Crippen molar-refractivity contribution in [1.82, 2.24) is 0 Å². The van der Waals surface area contributed by atoms with E-state index in [1.165, 1.54) is 6.92 Å². The van der Waals surface area contributed by atoms with Crippen molar-refractivity contribution >= 4 is 23.2 Å². The summed E-state index contributed by atoms with van der Waals surface area (Å²) in [6.45, 7) is 3.33. The molecular formula is C17H18N2O3. The second kappa shape index (κ2) is 6.76. The maximum absolute atomic E-state index is 12.2. The van der Waals surface area contributed by atoms with Crippen LogP contribution in [0.3, 0.4) is 0 Å². The second-order valence-electron chi connectivity index (χ2n) is 4.90. The molecule has 0 bridgehead atoms. The summed E-state index contributed by atoms with van der Waals surface area (Å²) < 4.78 is 5.18. The Balaban J connectivity index is 2.08. The van der Waals surface area contributed by atoms with E-state index in [1.807, 2.05) is 6.92 Å². The van der Waals surface area contributed by atoms with Crippen LogP contribution in [-0.2, 0) is 4.79 Å². The largest absolute Gasteiger partial charge is 0.496 e. The summed E-state index contributed by atoms with van der Waals surface area (Å²) >= 11 is 0. The molecule has 0 aliphatic carbocycles. The molecule has 0 spiro atoms. The fourth-order valence-electron chi connectivity index (χ4n) is 2.06. The predicted octanol–water partition coefficient (Wildman–Crippen LogP) is 3.21. The van der Waals surface area contributed by atoms with Crippen LogP contribution < -0.4 is 15.4 Å². The highest BCUT2D eigenvalue weighted by Gasteiger charge is 2.08. The molecule has 0 aliphatic heterocycles. The van der Waals surface area contributed by atoms with E-state index in [4.69, 9.17) is 4.74 Å². The molecule has 0 fully saturated rings. The zero-order valence-corrected chi connectivity index (χ0v) is 12.8. The Hall–Kier alpha value is -2.82. The van der Waals surface area contributed by atoms with Crippen molar-refractivity contribution in [1.29, 1.82) is 0 Å². The summed E-state index contributed by atoms with van der Waals surface area (Å²) in [4.78, 5) is 23.2. The van der Waals surface area contributed by atoms with E-state index in [1.54, 1.807) is 49.6 Å². The lowest BCUT2D eigenvalue weighted by atomic mass is 10.1. The van der Waals surface area contributed by atoms with Crippen LogP contribution in [-0.4, -0.2) is 18.9 Å². The van der Waals surface area contributed by atoms with Crippen molar-refractivity contribution in [2.45, 2.75) is 13.8 Å². The minimum atomic E-state index is -0.196. The smallest absolute Gasteiger partial charge is 0.255 e. The lowest BCUT2D eigenvalue weighted by Gasteiger charge is -2.09. The Morgan fingerprint density at radius 1 is 0.955 bits per heavy atom. The molecule has 2 rings (SSSR count). The van der Waals surface area contributed by atoms with Gasteiger partial charge in [0, 0.05) is 23.9 Å². The van der Waals surface area contributed by atoms with Crippen molar-refractivity contribution < 1.29 is 14.3 Å². The molecule has 0 heterocycles. The lowest BCUT2D eigenvalue weighted by Crippen LogP contribution is -2.12. The predicted molar refractivity (Wildman–Crippen MR) is 86.4 cm³/mol. The van der Waals surface area contributed by atoms with E-state index in [9.17, 15) is 9.59 Å². The number of benzene rings is 2. The van der Waals surface area contributed by atoms with E-state index in [2.05, 4.69) is 10.6 Å². The number of anilines is 2. The van der Waals surface area contributed by atoms with Crippen LogP contribution in [0.2, 0.25) is 0 Å². The summed E-state index contributed by atoms with van der Waals surface area (Å²) in [6.07, 6.45) is 0. The number of methoxy groups -OCH3 is 1. The van der Waals surface area contributed by atoms with Gasteiger partial charge in [-0.2, -0.15) is 0 Å². The zero-order chi connectivity index (χ0) is 16.1. The van der Waals surface area contributed by atoms with E-state index >= 15 is 0 Å². The summed E-state index contributed by atoms with van der Waals surface area (Å²) in [5.74, 6) is 0.416. The Labute approximate surface area is 129 Å². The summed E-state index contributed by atoms with van der Waals surface area (Å²) in [5, 5.41) is 5.48. The van der Waals surface area contributed by atoms with Gasteiger partial charge in [-0.15, -0.1) is 0 Å². The van der Waals surface area contributed by atoms with Gasteiger partial charge in [-0.25, -0.2) is 0 Å². The average Bonchev–Trinajstić information content (AvgIpc) is 2.48. The third kappa shape index (κ3) is 3.85. The third-order valence-corrected chi connectivity index (χ3v) is 3.12. The number of nitrogens with one attached hydrogen (secondary N) is 2. The second-order valence-corrected chi connectivity index (χ2v) is 4.90. The lowest BCUT2D eigenvalue weighted by molar-refractivity contribution is -0.114. The molecule has 2 amide bonds. The number of aryl methyl sites for hydroxylation is 1. The van der Waals surface area contributed by atoms with Gasteiger partial charge in [0.15, 0.2) is 0 Å². The molecule has 0 aliphatic rings. The first-order valence-corrected chi connectivity index (χ1v) is 6.83. The van der Waals surface area contributed by atoms with Crippen LogP contribution in [0.4, 0.5) is 11.4 Å². The van der Waals surface area contributed by atoms with Crippen LogP contribution in [0.25, 0.3) is 0 Å². The molecule has 0 radical (unpaired) electrons. The first kappa shape index (κ1) is 15.6. The highest BCUT2D eigenvalue weighted by Crippen LogP contribution is 2.20. The van der Waals surface area contributed by atoms with E-state index in [0.29, 0.717) is 16.9 Å². The van der Waals surface area contributed by atoms with Gasteiger partial charge >= 0.3 is 0 Å². The minimum absolute atomic E-state index is 0.134. The molecule has 2 aromatic carbocycles. The number of amides is 2. The molecule has 0 atom stereocenters. The summed E-state index contributed by atoms with van der Waals surface area (Å²) in [6, 6.07) is 12.2. The molecule has 114 valence electrons. The standard InChI is InChI=1S/C17H18N2O3/c1-11-10-13(4-9-16(11)22-3)17(21)19-15-7-5-14(6-8-15)18-12(2)20/h4-10H,1-3H3,(H,18,20)(H,19,21). The maximum atomic E-state index is 12.2. The molecule has 5 nitrogen and oxygen atoms in total. The van der Waals surface area contributed by atoms with Crippen molar-refractivity contribution in [3.8, 4) is 5.75 Å². The van der Waals surface area contributed by atoms with Crippen LogP contribution >= 0.6 is 0 Å². The SMILES string of the molecule is COc1ccc(C(=O)Nc2ccc(NC(C)=O)cc2)cc1C. The van der Waals surface area contributed by atoms with Crippen molar-refractivity contribution in [2.75, 3.05) is 17.7 Å². The topological polar surface area (TPSA) is 67.4 Å². The van der Waals surface area contributed by atoms with Gasteiger partial charge in [0.1, 0.15) is 5.75 Å². The molecule has 0 saturated carbocycles. The minimum Gasteiger partial charge on any atom is -0.496 e. The molecule has 5 heteroatoms. The number of ether oxygens (including phenoxy) is 1. The monoisotopic (exact) mass is 298 g/mol. The molecule has 22 heavy (non-hydrogen) atoms. The van der Waals surface area contributed by atoms with Gasteiger partial charge in [0.05, 0.1) is 7.11 Å². The van der Waals surface area contributed by atoms with Crippen LogP contribution in [0.1, 0.15) is 22.8 Å². The highest BCUT2D eigenvalue weighted by atomic mass is 16.5. The van der Waals surface area contributed by atoms with E-state index in [-0.39, 0.29) is 11.8 Å². The van der Waals surface area contributed by atoms with Crippen LogP contribution in [0.5, 0.6) is 5.75 Å². The first-order valence-electron chi connectivity index (χ1n) is 6.83. The molecule has 2 aromatic rings. The normalized spacial score (nSPS) is 9.95. The quantitative estimate of drug-likeness (QED) is 0.910. The highest BCUT2D eigenvalue weighted by molar-refractivity contribution is 6.04. The van der Waals surface area contributed by atoms with Gasteiger partial charge in [0.2, 0.25) is 5.91 Å². The Kier molecular flexibility index (Phi) is 4.78. The van der Waals surface area contributed by atoms with Crippen LogP contribution in [0.15, 0.2) is 42.5 Å². The van der Waals surface area contributed by atoms with E-state index < -0.39 is 0 Å². The Morgan fingerprint density at radius 2 is 1.55 bits per heavy atom. The molecule has 0 aromatic heterocycles. The van der Waals surface area contributed by atoms with Gasteiger partial charge in [-0.05, 0) is 55.0 Å². The van der Waals surface area contributed by atoms with Crippen molar-refractivity contribution in [2.24, 2.45) is 0 Å². The number of rotatable bonds is 4. The molecule has 0 unspecified atom stereocenters. The summed E-state index contributed by atoms with van der Waals surface area (Å²) in [7, 11) is 1.60. The van der Waals surface area contributed by atoms with Gasteiger partial charge in [-0.3, -0.25) is 9.59 Å². The number of carbonyl (C=O) groups is 2. The van der Waals surface area contributed by atoms with Crippen LogP contribution in [0, 0.1) is 6.92 Å². The van der Waals surface area contributed by atoms with E-state index in [0.717, 1.165) is 11.3 Å². The maximum Gasteiger partial charge on any atom is 0.255 e. The van der Waals surface area contributed by atoms with Gasteiger partial charge in [-0.1, -0.05) is 0 Å². The third-order valence-electron chi connectivity index (χ3n) is 3.12. The van der Waals surface area contributed by atoms with Crippen molar-refractivity contribution in [3.05, 3.63) is 53.6 Å². The molecular weight excluding hydrogens is 280 g/mol. The zero-order valence-electron chi connectivity index (χ0n) is 12.8. The average molecular weight is 298 g/mol. The van der Waals surface area contributed by atoms with Gasteiger partial charge < -0.3 is 15.4 Å². The Bertz CT molecular complexity index is 694.